The molecule has 0 aliphatic carbocycles. The van der Waals surface area contributed by atoms with Gasteiger partial charge in [0.05, 0.1) is 15.7 Å². The Morgan fingerprint density at radius 2 is 1.67 bits per heavy atom. The maximum absolute atomic E-state index is 13.6. The maximum atomic E-state index is 13.6. The molecule has 1 aromatic carbocycles. The van der Waals surface area contributed by atoms with E-state index in [-0.39, 0.29) is 10.2 Å². The van der Waals surface area contributed by atoms with Crippen LogP contribution in [0, 0.1) is 5.82 Å². The van der Waals surface area contributed by atoms with Gasteiger partial charge in [0.1, 0.15) is 11.6 Å². The number of hydrogen-bond donors (Lipinski definition) is 1. The zero-order chi connectivity index (χ0) is 13.7. The van der Waals surface area contributed by atoms with E-state index in [0.29, 0.717) is 5.46 Å². The molecule has 1 heterocycles. The van der Waals surface area contributed by atoms with Gasteiger partial charge in [0.25, 0.3) is 0 Å². The summed E-state index contributed by atoms with van der Waals surface area (Å²) in [4.78, 5) is 0. The first-order chi connectivity index (χ1) is 8.14. The van der Waals surface area contributed by atoms with Crippen LogP contribution in [0.25, 0.3) is 0 Å². The number of hydrogen-bond acceptors (Lipinski definition) is 3. The molecule has 0 aromatic heterocycles. The Morgan fingerprint density at radius 1 is 1.17 bits per heavy atom. The van der Waals surface area contributed by atoms with Crippen LogP contribution in [0.5, 0.6) is 5.75 Å². The molecule has 1 saturated heterocycles. The van der Waals surface area contributed by atoms with Crippen LogP contribution in [0.3, 0.4) is 0 Å². The van der Waals surface area contributed by atoms with E-state index in [1.165, 1.54) is 12.1 Å². The fraction of sp³-hybridized carbons (Fsp3) is 0.500. The highest BCUT2D eigenvalue weighted by molar-refractivity contribution is 9.10. The van der Waals surface area contributed by atoms with Crippen LogP contribution >= 0.6 is 15.9 Å². The fourth-order valence-corrected chi connectivity index (χ4v) is 1.94. The molecule has 0 atom stereocenters. The summed E-state index contributed by atoms with van der Waals surface area (Å²) in [6.45, 7) is 7.67. The Kier molecular flexibility index (Phi) is 3.24. The van der Waals surface area contributed by atoms with Gasteiger partial charge in [-0.3, -0.25) is 0 Å². The molecule has 0 bridgehead atoms. The number of aromatic hydroxyl groups is 1. The first kappa shape index (κ1) is 13.8. The molecular weight excluding hydrogens is 302 g/mol. The van der Waals surface area contributed by atoms with Crippen LogP contribution in [-0.2, 0) is 9.31 Å². The quantitative estimate of drug-likeness (QED) is 0.809. The van der Waals surface area contributed by atoms with Crippen LogP contribution in [-0.4, -0.2) is 23.4 Å². The van der Waals surface area contributed by atoms with Crippen molar-refractivity contribution in [3.63, 3.8) is 0 Å². The van der Waals surface area contributed by atoms with Crippen LogP contribution in [0.4, 0.5) is 4.39 Å². The molecule has 1 N–H and O–H groups in total. The molecule has 0 radical (unpaired) electrons. The molecule has 98 valence electrons. The largest absolute Gasteiger partial charge is 0.507 e. The summed E-state index contributed by atoms with van der Waals surface area (Å²) < 4.78 is 25.2. The van der Waals surface area contributed by atoms with E-state index in [1.54, 1.807) is 0 Å². The average Bonchev–Trinajstić information content (AvgIpc) is 2.44. The molecule has 18 heavy (non-hydrogen) atoms. The van der Waals surface area contributed by atoms with E-state index in [2.05, 4.69) is 15.9 Å². The zero-order valence-corrected chi connectivity index (χ0v) is 12.3. The van der Waals surface area contributed by atoms with Crippen LogP contribution in [0.1, 0.15) is 27.7 Å². The highest BCUT2D eigenvalue weighted by Crippen LogP contribution is 2.37. The Labute approximate surface area is 115 Å². The average molecular weight is 317 g/mol. The van der Waals surface area contributed by atoms with E-state index in [0.717, 1.165) is 0 Å². The van der Waals surface area contributed by atoms with Crippen LogP contribution in [0.2, 0.25) is 0 Å². The van der Waals surface area contributed by atoms with Gasteiger partial charge < -0.3 is 14.4 Å². The summed E-state index contributed by atoms with van der Waals surface area (Å²) in [5.74, 6) is -0.709. The lowest BCUT2D eigenvalue weighted by molar-refractivity contribution is 0.00578. The van der Waals surface area contributed by atoms with Crippen molar-refractivity contribution in [3.8, 4) is 5.75 Å². The lowest BCUT2D eigenvalue weighted by Crippen LogP contribution is -2.41. The fourth-order valence-electron chi connectivity index (χ4n) is 1.71. The van der Waals surface area contributed by atoms with Gasteiger partial charge >= 0.3 is 7.12 Å². The second-order valence-corrected chi connectivity index (χ2v) is 6.22. The Bertz CT molecular complexity index is 451. The van der Waals surface area contributed by atoms with Crippen molar-refractivity contribution < 1.29 is 18.8 Å². The third kappa shape index (κ3) is 2.17. The van der Waals surface area contributed by atoms with Gasteiger partial charge in [-0.05, 0) is 61.2 Å². The van der Waals surface area contributed by atoms with Crippen molar-refractivity contribution in [2.45, 2.75) is 38.9 Å². The number of phenols is 1. The summed E-state index contributed by atoms with van der Waals surface area (Å²) in [6.07, 6.45) is 0. The minimum atomic E-state index is -0.677. The molecule has 0 amide bonds. The van der Waals surface area contributed by atoms with Gasteiger partial charge in [-0.15, -0.1) is 0 Å². The monoisotopic (exact) mass is 316 g/mol. The van der Waals surface area contributed by atoms with Crippen molar-refractivity contribution in [2.24, 2.45) is 0 Å². The van der Waals surface area contributed by atoms with E-state index in [9.17, 15) is 9.50 Å². The van der Waals surface area contributed by atoms with Crippen molar-refractivity contribution >= 4 is 28.5 Å². The molecule has 1 aliphatic heterocycles. The Balaban J connectivity index is 2.36. The second-order valence-electron chi connectivity index (χ2n) is 5.42. The van der Waals surface area contributed by atoms with Gasteiger partial charge in [-0.25, -0.2) is 4.39 Å². The Morgan fingerprint density at radius 3 is 2.11 bits per heavy atom. The zero-order valence-electron chi connectivity index (χ0n) is 10.8. The van der Waals surface area contributed by atoms with Crippen molar-refractivity contribution in [1.82, 2.24) is 0 Å². The first-order valence-corrected chi connectivity index (χ1v) is 6.47. The highest BCUT2D eigenvalue weighted by atomic mass is 79.9. The molecule has 1 aromatic rings. The van der Waals surface area contributed by atoms with Gasteiger partial charge in [-0.1, -0.05) is 0 Å². The van der Waals surface area contributed by atoms with Gasteiger partial charge in [0.2, 0.25) is 0 Å². The third-order valence-electron chi connectivity index (χ3n) is 3.56. The minimum Gasteiger partial charge on any atom is -0.507 e. The number of halogens is 2. The summed E-state index contributed by atoms with van der Waals surface area (Å²) in [7, 11) is -0.677. The highest BCUT2D eigenvalue weighted by Gasteiger charge is 2.51. The number of rotatable bonds is 1. The topological polar surface area (TPSA) is 38.7 Å². The lowest BCUT2D eigenvalue weighted by Gasteiger charge is -2.32. The smallest absolute Gasteiger partial charge is 0.495 e. The SMILES string of the molecule is CC1(C)OB(c2cc(O)c(Br)c(F)c2)OC1(C)C. The van der Waals surface area contributed by atoms with Crippen molar-refractivity contribution in [1.29, 1.82) is 0 Å². The minimum absolute atomic E-state index is 0.0442. The summed E-state index contributed by atoms with van der Waals surface area (Å²) in [5.41, 5.74) is -0.514. The second kappa shape index (κ2) is 4.22. The number of benzene rings is 1. The number of phenolic OH excluding ortho intramolecular Hbond substituents is 1. The third-order valence-corrected chi connectivity index (χ3v) is 4.34. The maximum Gasteiger partial charge on any atom is 0.495 e. The molecule has 1 aliphatic rings. The van der Waals surface area contributed by atoms with E-state index in [1.807, 2.05) is 27.7 Å². The molecule has 1 fully saturated rings. The van der Waals surface area contributed by atoms with Gasteiger partial charge in [0.15, 0.2) is 0 Å². The van der Waals surface area contributed by atoms with Crippen molar-refractivity contribution in [3.05, 3.63) is 22.4 Å². The predicted molar refractivity (Wildman–Crippen MR) is 71.5 cm³/mol. The molecule has 0 unspecified atom stereocenters. The van der Waals surface area contributed by atoms with Crippen LogP contribution < -0.4 is 5.46 Å². The van der Waals surface area contributed by atoms with Crippen molar-refractivity contribution in [2.75, 3.05) is 0 Å². The van der Waals surface area contributed by atoms with Gasteiger partial charge in [-0.2, -0.15) is 0 Å². The first-order valence-electron chi connectivity index (χ1n) is 5.67. The summed E-state index contributed by atoms with van der Waals surface area (Å²) >= 11 is 2.96. The summed E-state index contributed by atoms with van der Waals surface area (Å²) in [5, 5.41) is 9.60. The normalized spacial score (nSPS) is 21.3. The van der Waals surface area contributed by atoms with E-state index < -0.39 is 24.1 Å². The van der Waals surface area contributed by atoms with Gasteiger partial charge in [0, 0.05) is 0 Å². The Hall–Kier alpha value is -0.585. The van der Waals surface area contributed by atoms with Crippen LogP contribution in [0.15, 0.2) is 16.6 Å². The molecule has 2 rings (SSSR count). The predicted octanol–water partition coefficient (Wildman–Crippen LogP) is 2.59. The standard InChI is InChI=1S/C12H15BBrFO3/c1-11(2)12(3,4)18-13(17-11)7-5-8(15)10(14)9(16)6-7/h5-6,16H,1-4H3. The van der Waals surface area contributed by atoms with E-state index >= 15 is 0 Å². The van der Waals surface area contributed by atoms with E-state index in [4.69, 9.17) is 9.31 Å². The molecule has 6 heteroatoms. The molecule has 0 saturated carbocycles. The molecular formula is C12H15BBrFO3. The summed E-state index contributed by atoms with van der Waals surface area (Å²) in [6, 6.07) is 2.74. The lowest BCUT2D eigenvalue weighted by atomic mass is 9.79. The molecule has 3 nitrogen and oxygen atoms in total. The molecule has 0 spiro atoms.